The maximum atomic E-state index is 13.1. The standard InChI is InChI=1S/C13H16FN3O5S/c1-16(10-4-5-23(21,22)8-10)7-13(18)15-11-3-2-9(14)6-12(11)17(19)20/h2-3,6,10H,4-5,7-8H2,1H3,(H,15,18)/p+1/t10-/m0/s1. The van der Waals surface area contributed by atoms with Crippen molar-refractivity contribution < 1.29 is 27.4 Å². The predicted molar refractivity (Wildman–Crippen MR) is 80.5 cm³/mol. The SMILES string of the molecule is C[NH+](CC(=O)Nc1ccc(F)cc1[N+](=O)[O-])[C@H]1CCS(=O)(=O)C1. The van der Waals surface area contributed by atoms with Gasteiger partial charge < -0.3 is 10.2 Å². The number of benzene rings is 1. The van der Waals surface area contributed by atoms with E-state index in [0.717, 1.165) is 18.2 Å². The summed E-state index contributed by atoms with van der Waals surface area (Å²) in [6.07, 6.45) is 0.484. The van der Waals surface area contributed by atoms with Gasteiger partial charge in [0.1, 0.15) is 23.3 Å². The Hall–Kier alpha value is -2.07. The molecule has 1 unspecified atom stereocenters. The number of halogens is 1. The van der Waals surface area contributed by atoms with Gasteiger partial charge in [0.05, 0.1) is 23.8 Å². The van der Waals surface area contributed by atoms with Crippen molar-refractivity contribution in [3.8, 4) is 0 Å². The second kappa shape index (κ2) is 6.59. The van der Waals surface area contributed by atoms with E-state index in [2.05, 4.69) is 5.32 Å². The van der Waals surface area contributed by atoms with E-state index < -0.39 is 32.2 Å². The molecule has 0 aromatic heterocycles. The lowest BCUT2D eigenvalue weighted by atomic mass is 10.2. The predicted octanol–water partition coefficient (Wildman–Crippen LogP) is -0.626. The molecule has 23 heavy (non-hydrogen) atoms. The molecule has 0 aliphatic carbocycles. The number of rotatable bonds is 5. The monoisotopic (exact) mass is 346 g/mol. The molecular formula is C13H17FN3O5S+. The highest BCUT2D eigenvalue weighted by molar-refractivity contribution is 7.91. The topological polar surface area (TPSA) is 111 Å². The van der Waals surface area contributed by atoms with Crippen molar-refractivity contribution in [1.82, 2.24) is 0 Å². The quantitative estimate of drug-likeness (QED) is 0.545. The number of hydrogen-bond acceptors (Lipinski definition) is 5. The molecule has 0 saturated carbocycles. The van der Waals surface area contributed by atoms with E-state index >= 15 is 0 Å². The first-order valence-corrected chi connectivity index (χ1v) is 8.76. The Morgan fingerprint density at radius 3 is 2.78 bits per heavy atom. The molecule has 1 aliphatic heterocycles. The summed E-state index contributed by atoms with van der Waals surface area (Å²) in [5, 5.41) is 13.3. The minimum Gasteiger partial charge on any atom is -0.326 e. The number of likely N-dealkylation sites (N-methyl/N-ethyl adjacent to an activating group) is 1. The lowest BCUT2D eigenvalue weighted by Crippen LogP contribution is -3.14. The van der Waals surface area contributed by atoms with Crippen LogP contribution in [0.1, 0.15) is 6.42 Å². The minimum absolute atomic E-state index is 0.0306. The molecule has 2 N–H and O–H groups in total. The van der Waals surface area contributed by atoms with E-state index in [1.807, 2.05) is 0 Å². The third-order valence-corrected chi connectivity index (χ3v) is 5.57. The Bertz CT molecular complexity index is 737. The molecule has 1 aliphatic rings. The van der Waals surface area contributed by atoms with Gasteiger partial charge in [0, 0.05) is 6.42 Å². The van der Waals surface area contributed by atoms with E-state index in [9.17, 15) is 27.7 Å². The summed E-state index contributed by atoms with van der Waals surface area (Å²) in [5.74, 6) is -1.13. The highest BCUT2D eigenvalue weighted by Crippen LogP contribution is 2.24. The number of carbonyl (C=O) groups excluding carboxylic acids is 1. The first kappa shape index (κ1) is 17.3. The van der Waals surface area contributed by atoms with Crippen LogP contribution in [0.5, 0.6) is 0 Å². The van der Waals surface area contributed by atoms with Crippen LogP contribution in [-0.4, -0.2) is 50.4 Å². The number of anilines is 1. The second-order valence-electron chi connectivity index (χ2n) is 5.59. The third kappa shape index (κ3) is 4.45. The fourth-order valence-corrected chi connectivity index (χ4v) is 4.41. The first-order chi connectivity index (χ1) is 10.7. The van der Waals surface area contributed by atoms with E-state index in [1.54, 1.807) is 7.05 Å². The minimum atomic E-state index is -3.04. The van der Waals surface area contributed by atoms with Crippen molar-refractivity contribution in [2.45, 2.75) is 12.5 Å². The number of hydrogen-bond donors (Lipinski definition) is 2. The number of nitro groups is 1. The van der Waals surface area contributed by atoms with Gasteiger partial charge in [-0.2, -0.15) is 0 Å². The molecule has 0 bridgehead atoms. The Balaban J connectivity index is 2.01. The van der Waals surface area contributed by atoms with Crippen LogP contribution < -0.4 is 10.2 Å². The number of carbonyl (C=O) groups is 1. The van der Waals surface area contributed by atoms with E-state index in [0.29, 0.717) is 11.3 Å². The Morgan fingerprint density at radius 1 is 1.52 bits per heavy atom. The lowest BCUT2D eigenvalue weighted by Gasteiger charge is -2.19. The normalized spacial score (nSPS) is 20.9. The van der Waals surface area contributed by atoms with Crippen molar-refractivity contribution >= 4 is 27.1 Å². The molecule has 1 aromatic carbocycles. The van der Waals surface area contributed by atoms with Gasteiger partial charge in [-0.05, 0) is 12.1 Å². The molecule has 8 nitrogen and oxygen atoms in total. The summed E-state index contributed by atoms with van der Waals surface area (Å²) in [6.45, 7) is -0.0330. The number of nitrogens with zero attached hydrogens (tertiary/aromatic N) is 1. The molecule has 2 rings (SSSR count). The van der Waals surface area contributed by atoms with Crippen molar-refractivity contribution in [1.29, 1.82) is 0 Å². The summed E-state index contributed by atoms with van der Waals surface area (Å²) in [5.41, 5.74) is -0.618. The molecule has 1 saturated heterocycles. The molecule has 126 valence electrons. The molecule has 1 heterocycles. The number of nitrogens with one attached hydrogen (secondary N) is 2. The van der Waals surface area contributed by atoms with Gasteiger partial charge in [-0.3, -0.25) is 14.9 Å². The molecule has 10 heteroatoms. The number of nitro benzene ring substituents is 1. The van der Waals surface area contributed by atoms with Crippen molar-refractivity contribution in [2.75, 3.05) is 30.4 Å². The zero-order valence-corrected chi connectivity index (χ0v) is 13.2. The van der Waals surface area contributed by atoms with Crippen LogP contribution in [0.15, 0.2) is 18.2 Å². The van der Waals surface area contributed by atoms with Gasteiger partial charge in [-0.25, -0.2) is 12.8 Å². The van der Waals surface area contributed by atoms with Crippen LogP contribution in [0.2, 0.25) is 0 Å². The smallest absolute Gasteiger partial charge is 0.295 e. The molecule has 2 atom stereocenters. The van der Waals surface area contributed by atoms with Crippen LogP contribution in [0, 0.1) is 15.9 Å². The highest BCUT2D eigenvalue weighted by atomic mass is 32.2. The molecule has 1 amide bonds. The van der Waals surface area contributed by atoms with Crippen LogP contribution in [0.4, 0.5) is 15.8 Å². The fourth-order valence-electron chi connectivity index (χ4n) is 2.54. The zero-order chi connectivity index (χ0) is 17.2. The van der Waals surface area contributed by atoms with Gasteiger partial charge >= 0.3 is 0 Å². The summed E-state index contributed by atoms with van der Waals surface area (Å²) < 4.78 is 36.0. The lowest BCUT2D eigenvalue weighted by molar-refractivity contribution is -0.894. The van der Waals surface area contributed by atoms with Crippen LogP contribution in [-0.2, 0) is 14.6 Å². The van der Waals surface area contributed by atoms with Gasteiger partial charge in [-0.15, -0.1) is 0 Å². The summed E-state index contributed by atoms with van der Waals surface area (Å²) in [6, 6.07) is 2.70. The highest BCUT2D eigenvalue weighted by Gasteiger charge is 2.34. The molecule has 1 aromatic rings. The van der Waals surface area contributed by atoms with Gasteiger partial charge in [0.15, 0.2) is 16.4 Å². The van der Waals surface area contributed by atoms with Gasteiger partial charge in [0.2, 0.25) is 0 Å². The maximum absolute atomic E-state index is 13.1. The average molecular weight is 346 g/mol. The Kier molecular flexibility index (Phi) is 4.95. The zero-order valence-electron chi connectivity index (χ0n) is 12.4. The first-order valence-electron chi connectivity index (χ1n) is 6.94. The van der Waals surface area contributed by atoms with Crippen molar-refractivity contribution in [2.24, 2.45) is 0 Å². The fraction of sp³-hybridized carbons (Fsp3) is 0.462. The Morgan fingerprint density at radius 2 is 2.22 bits per heavy atom. The van der Waals surface area contributed by atoms with E-state index in [4.69, 9.17) is 0 Å². The van der Waals surface area contributed by atoms with Crippen LogP contribution in [0.3, 0.4) is 0 Å². The Labute approximate surface area is 132 Å². The number of amides is 1. The number of sulfone groups is 1. The second-order valence-corrected chi connectivity index (χ2v) is 7.82. The summed E-state index contributed by atoms with van der Waals surface area (Å²) in [4.78, 5) is 22.8. The van der Waals surface area contributed by atoms with Crippen LogP contribution >= 0.6 is 0 Å². The molecule has 1 fully saturated rings. The van der Waals surface area contributed by atoms with Crippen LogP contribution in [0.25, 0.3) is 0 Å². The third-order valence-electron chi connectivity index (χ3n) is 3.80. The average Bonchev–Trinajstić information content (AvgIpc) is 2.81. The maximum Gasteiger partial charge on any atom is 0.295 e. The molecule has 0 radical (unpaired) electrons. The van der Waals surface area contributed by atoms with Crippen molar-refractivity contribution in [3.05, 3.63) is 34.1 Å². The summed E-state index contributed by atoms with van der Waals surface area (Å²) in [7, 11) is -1.34. The van der Waals surface area contributed by atoms with Crippen molar-refractivity contribution in [3.63, 3.8) is 0 Å². The van der Waals surface area contributed by atoms with E-state index in [-0.39, 0.29) is 29.8 Å². The number of quaternary nitrogens is 1. The molecule has 0 spiro atoms. The van der Waals surface area contributed by atoms with E-state index in [1.165, 1.54) is 0 Å². The summed E-state index contributed by atoms with van der Waals surface area (Å²) >= 11 is 0. The molecular weight excluding hydrogens is 329 g/mol. The van der Waals surface area contributed by atoms with Gasteiger partial charge in [0.25, 0.3) is 11.6 Å². The van der Waals surface area contributed by atoms with Gasteiger partial charge in [-0.1, -0.05) is 0 Å². The largest absolute Gasteiger partial charge is 0.326 e.